The molecule has 4 nitrogen and oxygen atoms in total. The second-order valence-electron chi connectivity index (χ2n) is 5.42. The fourth-order valence-electron chi connectivity index (χ4n) is 2.01. The minimum Gasteiger partial charge on any atom is -0.353 e. The summed E-state index contributed by atoms with van der Waals surface area (Å²) in [5.41, 5.74) is 11.9. The lowest BCUT2D eigenvalue weighted by molar-refractivity contribution is -0.126. The summed E-state index contributed by atoms with van der Waals surface area (Å²) in [4.78, 5) is 12.2. The van der Waals surface area contributed by atoms with Crippen LogP contribution in [0.15, 0.2) is 28.7 Å². The lowest BCUT2D eigenvalue weighted by Crippen LogP contribution is -2.51. The summed E-state index contributed by atoms with van der Waals surface area (Å²) in [5.74, 6) is 0.378. The van der Waals surface area contributed by atoms with Crippen LogP contribution in [0.3, 0.4) is 0 Å². The Kier molecular flexibility index (Phi) is 4.28. The Labute approximate surface area is 122 Å². The van der Waals surface area contributed by atoms with Crippen molar-refractivity contribution in [2.45, 2.75) is 31.3 Å². The van der Waals surface area contributed by atoms with Crippen LogP contribution in [0.4, 0.5) is 0 Å². The number of rotatable bonds is 5. The standard InChI is InChI=1S/C14H20BrN3O/c1-14(17,10-4-6-11(15)7-5-10)13(19)18-8-12(16)9-2-3-9/h4-7,9,12H,2-3,8,16-17H2,1H3,(H,18,19). The number of halogens is 1. The van der Waals surface area contributed by atoms with Crippen LogP contribution >= 0.6 is 15.9 Å². The Bertz CT molecular complexity index is 454. The van der Waals surface area contributed by atoms with Crippen molar-refractivity contribution in [2.24, 2.45) is 17.4 Å². The van der Waals surface area contributed by atoms with Gasteiger partial charge >= 0.3 is 0 Å². The molecule has 5 N–H and O–H groups in total. The molecule has 0 aliphatic heterocycles. The fourth-order valence-corrected chi connectivity index (χ4v) is 2.28. The van der Waals surface area contributed by atoms with Gasteiger partial charge in [-0.05, 0) is 43.4 Å². The molecule has 1 fully saturated rings. The van der Waals surface area contributed by atoms with Gasteiger partial charge in [0.1, 0.15) is 5.54 Å². The molecule has 2 unspecified atom stereocenters. The highest BCUT2D eigenvalue weighted by Crippen LogP contribution is 2.31. The van der Waals surface area contributed by atoms with Crippen LogP contribution in [0.2, 0.25) is 0 Å². The summed E-state index contributed by atoms with van der Waals surface area (Å²) < 4.78 is 0.961. The Morgan fingerprint density at radius 2 is 2.05 bits per heavy atom. The maximum Gasteiger partial charge on any atom is 0.244 e. The number of benzene rings is 1. The maximum atomic E-state index is 12.2. The normalized spacial score (nSPS) is 19.6. The minimum atomic E-state index is -1.04. The Morgan fingerprint density at radius 1 is 1.47 bits per heavy atom. The van der Waals surface area contributed by atoms with Gasteiger partial charge in [-0.1, -0.05) is 28.1 Å². The van der Waals surface area contributed by atoms with Gasteiger partial charge in [0.2, 0.25) is 5.91 Å². The van der Waals surface area contributed by atoms with E-state index in [1.54, 1.807) is 6.92 Å². The van der Waals surface area contributed by atoms with Crippen molar-refractivity contribution in [2.75, 3.05) is 6.54 Å². The van der Waals surface area contributed by atoms with E-state index < -0.39 is 5.54 Å². The van der Waals surface area contributed by atoms with Gasteiger partial charge in [-0.15, -0.1) is 0 Å². The summed E-state index contributed by atoms with van der Waals surface area (Å²) in [6.45, 7) is 2.21. The highest BCUT2D eigenvalue weighted by Gasteiger charge is 2.33. The number of amides is 1. The quantitative estimate of drug-likeness (QED) is 0.766. The topological polar surface area (TPSA) is 81.1 Å². The summed E-state index contributed by atoms with van der Waals surface area (Å²) in [5, 5.41) is 2.86. The van der Waals surface area contributed by atoms with E-state index >= 15 is 0 Å². The average Bonchev–Trinajstić information content (AvgIpc) is 3.20. The summed E-state index contributed by atoms with van der Waals surface area (Å²) >= 11 is 3.36. The second-order valence-corrected chi connectivity index (χ2v) is 6.34. The summed E-state index contributed by atoms with van der Waals surface area (Å²) in [7, 11) is 0. The van der Waals surface area contributed by atoms with Crippen LogP contribution in [0.25, 0.3) is 0 Å². The van der Waals surface area contributed by atoms with Crippen molar-refractivity contribution in [3.05, 3.63) is 34.3 Å². The van der Waals surface area contributed by atoms with Gasteiger partial charge in [-0.3, -0.25) is 4.79 Å². The van der Waals surface area contributed by atoms with Crippen LogP contribution in [0, 0.1) is 5.92 Å². The molecule has 19 heavy (non-hydrogen) atoms. The molecule has 2 atom stereocenters. The zero-order chi connectivity index (χ0) is 14.0. The van der Waals surface area contributed by atoms with E-state index in [9.17, 15) is 4.79 Å². The Hall–Kier alpha value is -0.910. The number of carbonyl (C=O) groups excluding carboxylic acids is 1. The van der Waals surface area contributed by atoms with Crippen molar-refractivity contribution >= 4 is 21.8 Å². The van der Waals surface area contributed by atoms with Crippen LogP contribution in [-0.4, -0.2) is 18.5 Å². The molecule has 1 aliphatic rings. The Balaban J connectivity index is 1.97. The number of hydrogen-bond donors (Lipinski definition) is 3. The van der Waals surface area contributed by atoms with Gasteiger partial charge in [-0.25, -0.2) is 0 Å². The van der Waals surface area contributed by atoms with Crippen LogP contribution in [0.1, 0.15) is 25.3 Å². The molecule has 1 aliphatic carbocycles. The molecular formula is C14H20BrN3O. The maximum absolute atomic E-state index is 12.2. The van der Waals surface area contributed by atoms with Crippen molar-refractivity contribution in [1.82, 2.24) is 5.32 Å². The van der Waals surface area contributed by atoms with E-state index in [4.69, 9.17) is 11.5 Å². The monoisotopic (exact) mass is 325 g/mol. The van der Waals surface area contributed by atoms with E-state index in [1.165, 1.54) is 12.8 Å². The van der Waals surface area contributed by atoms with Crippen molar-refractivity contribution in [3.8, 4) is 0 Å². The minimum absolute atomic E-state index is 0.0460. The first-order chi connectivity index (χ1) is 8.91. The van der Waals surface area contributed by atoms with Crippen molar-refractivity contribution in [3.63, 3.8) is 0 Å². The third kappa shape index (κ3) is 3.55. The first-order valence-electron chi connectivity index (χ1n) is 6.50. The van der Waals surface area contributed by atoms with E-state index in [0.29, 0.717) is 12.5 Å². The molecule has 0 saturated heterocycles. The van der Waals surface area contributed by atoms with Gasteiger partial charge in [0.15, 0.2) is 0 Å². The smallest absolute Gasteiger partial charge is 0.244 e. The molecule has 1 aromatic carbocycles. The highest BCUT2D eigenvalue weighted by atomic mass is 79.9. The first-order valence-corrected chi connectivity index (χ1v) is 7.29. The van der Waals surface area contributed by atoms with Gasteiger partial charge in [0.25, 0.3) is 0 Å². The number of carbonyl (C=O) groups is 1. The molecule has 1 saturated carbocycles. The molecule has 104 valence electrons. The lowest BCUT2D eigenvalue weighted by Gasteiger charge is -2.25. The zero-order valence-electron chi connectivity index (χ0n) is 11.0. The number of nitrogens with one attached hydrogen (secondary N) is 1. The van der Waals surface area contributed by atoms with Crippen molar-refractivity contribution in [1.29, 1.82) is 0 Å². The van der Waals surface area contributed by atoms with E-state index in [-0.39, 0.29) is 11.9 Å². The molecule has 0 radical (unpaired) electrons. The third-order valence-electron chi connectivity index (χ3n) is 3.64. The van der Waals surface area contributed by atoms with Crippen LogP contribution in [-0.2, 0) is 10.3 Å². The number of hydrogen-bond acceptors (Lipinski definition) is 3. The van der Waals surface area contributed by atoms with E-state index in [1.807, 2.05) is 24.3 Å². The largest absolute Gasteiger partial charge is 0.353 e. The van der Waals surface area contributed by atoms with E-state index in [0.717, 1.165) is 10.0 Å². The molecule has 1 amide bonds. The summed E-state index contributed by atoms with van der Waals surface area (Å²) in [6.07, 6.45) is 2.34. The molecular weight excluding hydrogens is 306 g/mol. The predicted molar refractivity (Wildman–Crippen MR) is 79.4 cm³/mol. The van der Waals surface area contributed by atoms with Crippen LogP contribution in [0.5, 0.6) is 0 Å². The lowest BCUT2D eigenvalue weighted by atomic mass is 9.92. The fraction of sp³-hybridized carbons (Fsp3) is 0.500. The predicted octanol–water partition coefficient (Wildman–Crippen LogP) is 1.48. The summed E-state index contributed by atoms with van der Waals surface area (Å²) in [6, 6.07) is 7.51. The van der Waals surface area contributed by atoms with Gasteiger partial charge in [0, 0.05) is 17.1 Å². The molecule has 0 heterocycles. The van der Waals surface area contributed by atoms with Crippen LogP contribution < -0.4 is 16.8 Å². The van der Waals surface area contributed by atoms with Crippen molar-refractivity contribution < 1.29 is 4.79 Å². The zero-order valence-corrected chi connectivity index (χ0v) is 12.6. The molecule has 0 aromatic heterocycles. The van der Waals surface area contributed by atoms with Gasteiger partial charge < -0.3 is 16.8 Å². The molecule has 0 spiro atoms. The van der Waals surface area contributed by atoms with E-state index in [2.05, 4.69) is 21.2 Å². The Morgan fingerprint density at radius 3 is 2.58 bits per heavy atom. The van der Waals surface area contributed by atoms with Gasteiger partial charge in [0.05, 0.1) is 0 Å². The second kappa shape index (κ2) is 5.61. The average molecular weight is 326 g/mol. The highest BCUT2D eigenvalue weighted by molar-refractivity contribution is 9.10. The first kappa shape index (κ1) is 14.5. The van der Waals surface area contributed by atoms with Gasteiger partial charge in [-0.2, -0.15) is 0 Å². The third-order valence-corrected chi connectivity index (χ3v) is 4.17. The number of nitrogens with two attached hydrogens (primary N) is 2. The molecule has 1 aromatic rings. The molecule has 0 bridgehead atoms. The molecule has 5 heteroatoms. The SMILES string of the molecule is CC(N)(C(=O)NCC(N)C1CC1)c1ccc(Br)cc1. The molecule has 2 rings (SSSR count).